The first-order valence-corrected chi connectivity index (χ1v) is 8.24. The molecule has 0 aromatic heterocycles. The highest BCUT2D eigenvalue weighted by Crippen LogP contribution is 2.53. The third kappa shape index (κ3) is 2.23. The van der Waals surface area contributed by atoms with Crippen molar-refractivity contribution in [2.45, 2.75) is 0 Å². The predicted octanol–water partition coefficient (Wildman–Crippen LogP) is 5.09. The topological polar surface area (TPSA) is 58.9 Å². The summed E-state index contributed by atoms with van der Waals surface area (Å²) in [4.78, 5) is 0. The van der Waals surface area contributed by atoms with Crippen molar-refractivity contribution in [1.82, 2.24) is 0 Å². The molecule has 0 fully saturated rings. The molecule has 0 radical (unpaired) electrons. The van der Waals surface area contributed by atoms with Gasteiger partial charge in [0.05, 0.1) is 14.2 Å². The zero-order chi connectivity index (χ0) is 18.3. The minimum atomic E-state index is -0.0605. The number of phenols is 2. The Morgan fingerprint density at radius 2 is 1.23 bits per heavy atom. The third-order valence-electron chi connectivity index (χ3n) is 4.66. The van der Waals surface area contributed by atoms with Gasteiger partial charge in [-0.15, -0.1) is 0 Å². The summed E-state index contributed by atoms with van der Waals surface area (Å²) in [7, 11) is 3.03. The SMILES string of the molecule is COc1c(O)c(-c2c(O)ccc3ccccc23)c2ccccc2c1OC. The number of benzene rings is 4. The van der Waals surface area contributed by atoms with Gasteiger partial charge in [-0.25, -0.2) is 0 Å². The maximum Gasteiger partial charge on any atom is 0.204 e. The molecule has 4 aromatic rings. The number of phenolic OH excluding ortho intramolecular Hbond substituents is 2. The van der Waals surface area contributed by atoms with E-state index in [-0.39, 0.29) is 17.2 Å². The summed E-state index contributed by atoms with van der Waals surface area (Å²) >= 11 is 0. The van der Waals surface area contributed by atoms with Crippen LogP contribution < -0.4 is 9.47 Å². The van der Waals surface area contributed by atoms with Gasteiger partial charge in [0.2, 0.25) is 5.75 Å². The van der Waals surface area contributed by atoms with Crippen LogP contribution in [-0.2, 0) is 0 Å². The Labute approximate surface area is 150 Å². The zero-order valence-electron chi connectivity index (χ0n) is 14.5. The van der Waals surface area contributed by atoms with E-state index < -0.39 is 0 Å². The molecular formula is C22H18O4. The van der Waals surface area contributed by atoms with Crippen LogP contribution in [0.1, 0.15) is 0 Å². The number of fused-ring (bicyclic) bond motifs is 2. The van der Waals surface area contributed by atoms with E-state index in [4.69, 9.17) is 9.47 Å². The third-order valence-corrected chi connectivity index (χ3v) is 4.66. The second-order valence-electron chi connectivity index (χ2n) is 6.02. The van der Waals surface area contributed by atoms with Gasteiger partial charge in [-0.3, -0.25) is 0 Å². The van der Waals surface area contributed by atoms with Gasteiger partial charge in [-0.2, -0.15) is 0 Å². The Morgan fingerprint density at radius 3 is 1.92 bits per heavy atom. The van der Waals surface area contributed by atoms with Gasteiger partial charge in [0, 0.05) is 16.5 Å². The number of ether oxygens (including phenoxy) is 2. The zero-order valence-corrected chi connectivity index (χ0v) is 14.5. The summed E-state index contributed by atoms with van der Waals surface area (Å²) in [6.07, 6.45) is 0. The normalized spacial score (nSPS) is 11.0. The quantitative estimate of drug-likeness (QED) is 0.542. The molecular weight excluding hydrogens is 328 g/mol. The summed E-state index contributed by atoms with van der Waals surface area (Å²) in [6, 6.07) is 18.8. The van der Waals surface area contributed by atoms with Gasteiger partial charge in [0.1, 0.15) is 5.75 Å². The van der Waals surface area contributed by atoms with Crippen molar-refractivity contribution in [2.24, 2.45) is 0 Å². The molecule has 0 heterocycles. The fourth-order valence-corrected chi connectivity index (χ4v) is 3.54. The van der Waals surface area contributed by atoms with E-state index >= 15 is 0 Å². The molecule has 0 aliphatic rings. The summed E-state index contributed by atoms with van der Waals surface area (Å²) in [6.45, 7) is 0. The predicted molar refractivity (Wildman–Crippen MR) is 103 cm³/mol. The van der Waals surface area contributed by atoms with E-state index in [9.17, 15) is 10.2 Å². The molecule has 0 atom stereocenters. The molecule has 0 aliphatic carbocycles. The summed E-state index contributed by atoms with van der Waals surface area (Å²) in [5, 5.41) is 25.1. The monoisotopic (exact) mass is 346 g/mol. The lowest BCUT2D eigenvalue weighted by atomic mass is 9.91. The van der Waals surface area contributed by atoms with Gasteiger partial charge >= 0.3 is 0 Å². The van der Waals surface area contributed by atoms with Crippen molar-refractivity contribution in [2.75, 3.05) is 14.2 Å². The molecule has 0 bridgehead atoms. The highest BCUT2D eigenvalue weighted by atomic mass is 16.5. The number of aromatic hydroxyl groups is 2. The minimum Gasteiger partial charge on any atom is -0.507 e. The number of rotatable bonds is 3. The first-order chi connectivity index (χ1) is 12.7. The van der Waals surface area contributed by atoms with Gasteiger partial charge in [-0.1, -0.05) is 54.6 Å². The maximum absolute atomic E-state index is 11.0. The minimum absolute atomic E-state index is 0.0605. The van der Waals surface area contributed by atoms with Gasteiger partial charge in [0.25, 0.3) is 0 Å². The van der Waals surface area contributed by atoms with Crippen molar-refractivity contribution in [1.29, 1.82) is 0 Å². The average Bonchev–Trinajstić information content (AvgIpc) is 2.68. The molecule has 0 amide bonds. The van der Waals surface area contributed by atoms with Crippen LogP contribution in [0.3, 0.4) is 0 Å². The second kappa shape index (κ2) is 6.15. The van der Waals surface area contributed by atoms with Crippen molar-refractivity contribution in [3.63, 3.8) is 0 Å². The fraction of sp³-hybridized carbons (Fsp3) is 0.0909. The van der Waals surface area contributed by atoms with E-state index in [1.54, 1.807) is 13.2 Å². The lowest BCUT2D eigenvalue weighted by Gasteiger charge is -2.19. The maximum atomic E-state index is 11.0. The molecule has 0 spiro atoms. The molecule has 4 heteroatoms. The van der Waals surface area contributed by atoms with E-state index in [1.807, 2.05) is 54.6 Å². The molecule has 2 N–H and O–H groups in total. The molecule has 0 aliphatic heterocycles. The number of hydrogen-bond donors (Lipinski definition) is 2. The second-order valence-corrected chi connectivity index (χ2v) is 6.02. The highest BCUT2D eigenvalue weighted by molar-refractivity contribution is 6.12. The number of hydrogen-bond acceptors (Lipinski definition) is 4. The van der Waals surface area contributed by atoms with Crippen LogP contribution in [0.2, 0.25) is 0 Å². The molecule has 0 saturated heterocycles. The summed E-state index contributed by atoms with van der Waals surface area (Å²) < 4.78 is 10.9. The summed E-state index contributed by atoms with van der Waals surface area (Å²) in [5.41, 5.74) is 1.09. The molecule has 0 saturated carbocycles. The van der Waals surface area contributed by atoms with Crippen molar-refractivity contribution in [3.05, 3.63) is 60.7 Å². The first kappa shape index (κ1) is 16.1. The first-order valence-electron chi connectivity index (χ1n) is 8.24. The van der Waals surface area contributed by atoms with Gasteiger partial charge in [0.15, 0.2) is 11.5 Å². The number of methoxy groups -OCH3 is 2. The molecule has 4 aromatic carbocycles. The highest BCUT2D eigenvalue weighted by Gasteiger charge is 2.24. The lowest BCUT2D eigenvalue weighted by Crippen LogP contribution is -1.95. The Bertz CT molecular complexity index is 1130. The standard InChI is InChI=1S/C22H18O4/c1-25-21-16-10-6-5-9-15(16)19(20(24)22(21)26-2)18-14-8-4-3-7-13(14)11-12-17(18)23/h3-12,23-24H,1-2H3. The Kier molecular flexibility index (Phi) is 3.81. The van der Waals surface area contributed by atoms with Crippen LogP contribution >= 0.6 is 0 Å². The van der Waals surface area contributed by atoms with Crippen LogP contribution in [0.15, 0.2) is 60.7 Å². The van der Waals surface area contributed by atoms with Gasteiger partial charge < -0.3 is 19.7 Å². The molecule has 4 nitrogen and oxygen atoms in total. The smallest absolute Gasteiger partial charge is 0.204 e. The summed E-state index contributed by atoms with van der Waals surface area (Å²) in [5.74, 6) is 0.740. The van der Waals surface area contributed by atoms with E-state index in [0.29, 0.717) is 16.9 Å². The largest absolute Gasteiger partial charge is 0.507 e. The van der Waals surface area contributed by atoms with Crippen LogP contribution in [0, 0.1) is 0 Å². The molecule has 130 valence electrons. The Hall–Kier alpha value is -3.40. The Morgan fingerprint density at radius 1 is 0.615 bits per heavy atom. The van der Waals surface area contributed by atoms with Crippen molar-refractivity contribution in [3.8, 4) is 34.1 Å². The van der Waals surface area contributed by atoms with Crippen LogP contribution in [0.5, 0.6) is 23.0 Å². The van der Waals surface area contributed by atoms with Crippen molar-refractivity contribution < 1.29 is 19.7 Å². The van der Waals surface area contributed by atoms with E-state index in [1.165, 1.54) is 7.11 Å². The fourth-order valence-electron chi connectivity index (χ4n) is 3.54. The van der Waals surface area contributed by atoms with Crippen LogP contribution in [0.4, 0.5) is 0 Å². The van der Waals surface area contributed by atoms with Crippen LogP contribution in [-0.4, -0.2) is 24.4 Å². The lowest BCUT2D eigenvalue weighted by molar-refractivity contribution is 0.337. The Balaban J connectivity index is 2.24. The average molecular weight is 346 g/mol. The van der Waals surface area contributed by atoms with Crippen molar-refractivity contribution >= 4 is 21.5 Å². The van der Waals surface area contributed by atoms with E-state index in [2.05, 4.69) is 0 Å². The molecule has 4 rings (SSSR count). The van der Waals surface area contributed by atoms with E-state index in [0.717, 1.165) is 21.5 Å². The molecule has 26 heavy (non-hydrogen) atoms. The van der Waals surface area contributed by atoms with Crippen LogP contribution in [0.25, 0.3) is 32.7 Å². The van der Waals surface area contributed by atoms with Gasteiger partial charge in [-0.05, 0) is 22.2 Å². The molecule has 0 unspecified atom stereocenters.